The third-order valence-electron chi connectivity index (χ3n) is 4.34. The zero-order valence-electron chi connectivity index (χ0n) is 15.9. The fourth-order valence-electron chi connectivity index (χ4n) is 2.70. The highest BCUT2D eigenvalue weighted by Gasteiger charge is 2.28. The summed E-state index contributed by atoms with van der Waals surface area (Å²) in [7, 11) is -4.05. The number of nitrogens with zero attached hydrogens (tertiary/aromatic N) is 2. The Balaban J connectivity index is 2.23. The number of hydrogen-bond donors (Lipinski definition) is 0. The van der Waals surface area contributed by atoms with E-state index in [1.165, 1.54) is 12.1 Å². The Labute approximate surface area is 193 Å². The number of carbonyl (C=O) groups is 1. The van der Waals surface area contributed by atoms with E-state index in [-0.39, 0.29) is 20.8 Å². The molecule has 0 amide bonds. The van der Waals surface area contributed by atoms with E-state index in [4.69, 9.17) is 23.2 Å². The second-order valence-corrected chi connectivity index (χ2v) is 9.65. The summed E-state index contributed by atoms with van der Waals surface area (Å²) in [5, 5.41) is -0.125. The minimum absolute atomic E-state index is 0.0220. The molecule has 2 aromatic rings. The summed E-state index contributed by atoms with van der Waals surface area (Å²) in [5.74, 6) is -0.538. The molecule has 2 aromatic carbocycles. The Kier molecular flexibility index (Phi) is 6.77. The first-order chi connectivity index (χ1) is 14.1. The lowest BCUT2D eigenvalue weighted by Crippen LogP contribution is -2.19. The molecule has 3 rings (SSSR count). The van der Waals surface area contributed by atoms with Crippen LogP contribution in [-0.2, 0) is 14.8 Å². The SMILES string of the molecule is CC1=C(Cl)C(=O)C(Cl)=C(C)C1=NC(=NS(=O)(=O)c1ccc(Br)cc1)c1ccccc1. The highest BCUT2D eigenvalue weighted by molar-refractivity contribution is 9.10. The standard InChI is InChI=1S/C21H15BrCl2N2O3S/c1-12-17(23)20(27)18(24)13(2)19(12)25-21(14-6-4-3-5-7-14)26-30(28,29)16-10-8-15(22)9-11-16/h3-11H,1-2H3. The Morgan fingerprint density at radius 3 is 1.97 bits per heavy atom. The predicted octanol–water partition coefficient (Wildman–Crippen LogP) is 5.63. The third kappa shape index (κ3) is 4.64. The lowest BCUT2D eigenvalue weighted by atomic mass is 9.96. The second kappa shape index (κ2) is 8.98. The van der Waals surface area contributed by atoms with E-state index >= 15 is 0 Å². The second-order valence-electron chi connectivity index (χ2n) is 6.38. The van der Waals surface area contributed by atoms with Crippen LogP contribution in [0.25, 0.3) is 0 Å². The number of Topliss-reactive ketones (excluding diaryl/α,β-unsaturated/α-hetero) is 1. The van der Waals surface area contributed by atoms with Gasteiger partial charge < -0.3 is 0 Å². The van der Waals surface area contributed by atoms with E-state index in [1.807, 2.05) is 0 Å². The van der Waals surface area contributed by atoms with Crippen molar-refractivity contribution in [1.82, 2.24) is 0 Å². The molecule has 0 heterocycles. The number of hydrogen-bond acceptors (Lipinski definition) is 3. The van der Waals surface area contributed by atoms with E-state index < -0.39 is 15.8 Å². The average molecular weight is 526 g/mol. The van der Waals surface area contributed by atoms with Gasteiger partial charge in [0.15, 0.2) is 5.84 Å². The van der Waals surface area contributed by atoms with Gasteiger partial charge >= 0.3 is 0 Å². The number of ketones is 1. The molecule has 1 aliphatic rings. The molecule has 30 heavy (non-hydrogen) atoms. The molecule has 1 aliphatic carbocycles. The monoisotopic (exact) mass is 524 g/mol. The van der Waals surface area contributed by atoms with Crippen molar-refractivity contribution in [3.8, 4) is 0 Å². The molecule has 0 aromatic heterocycles. The molecule has 0 bridgehead atoms. The molecule has 0 spiro atoms. The van der Waals surface area contributed by atoms with Crippen molar-refractivity contribution in [2.24, 2.45) is 9.39 Å². The fraction of sp³-hybridized carbons (Fsp3) is 0.0952. The van der Waals surface area contributed by atoms with Gasteiger partial charge in [0.05, 0.1) is 20.7 Å². The number of sulfonamides is 1. The van der Waals surface area contributed by atoms with Crippen molar-refractivity contribution >= 4 is 66.5 Å². The van der Waals surface area contributed by atoms with Crippen molar-refractivity contribution in [2.75, 3.05) is 0 Å². The van der Waals surface area contributed by atoms with E-state index in [2.05, 4.69) is 25.3 Å². The van der Waals surface area contributed by atoms with Crippen molar-refractivity contribution in [3.05, 3.63) is 85.8 Å². The van der Waals surface area contributed by atoms with Crippen LogP contribution in [0.2, 0.25) is 0 Å². The fourth-order valence-corrected chi connectivity index (χ4v) is 4.34. The van der Waals surface area contributed by atoms with Gasteiger partial charge in [-0.2, -0.15) is 8.42 Å². The Morgan fingerprint density at radius 2 is 1.43 bits per heavy atom. The Hall–Kier alpha value is -2.06. The van der Waals surface area contributed by atoms with Gasteiger partial charge in [-0.25, -0.2) is 4.99 Å². The van der Waals surface area contributed by atoms with Crippen LogP contribution in [-0.4, -0.2) is 25.7 Å². The zero-order valence-corrected chi connectivity index (χ0v) is 19.8. The quantitative estimate of drug-likeness (QED) is 0.296. The van der Waals surface area contributed by atoms with E-state index in [1.54, 1.807) is 56.3 Å². The zero-order chi connectivity index (χ0) is 22.1. The number of benzene rings is 2. The van der Waals surface area contributed by atoms with Crippen LogP contribution in [0.1, 0.15) is 19.4 Å². The summed E-state index contributed by atoms with van der Waals surface area (Å²) >= 11 is 15.5. The van der Waals surface area contributed by atoms with E-state index in [9.17, 15) is 13.2 Å². The molecule has 9 heteroatoms. The molecule has 0 aliphatic heterocycles. The van der Waals surface area contributed by atoms with Crippen molar-refractivity contribution < 1.29 is 13.2 Å². The van der Waals surface area contributed by atoms with Gasteiger partial charge in [0.2, 0.25) is 5.78 Å². The molecule has 0 unspecified atom stereocenters. The molecule has 0 radical (unpaired) electrons. The van der Waals surface area contributed by atoms with Gasteiger partial charge in [-0.05, 0) is 49.3 Å². The van der Waals surface area contributed by atoms with Crippen molar-refractivity contribution in [1.29, 1.82) is 0 Å². The molecular formula is C21H15BrCl2N2O3S. The van der Waals surface area contributed by atoms with Crippen LogP contribution in [0.4, 0.5) is 0 Å². The first-order valence-electron chi connectivity index (χ1n) is 8.64. The molecule has 0 atom stereocenters. The molecule has 0 saturated heterocycles. The summed E-state index contributed by atoms with van der Waals surface area (Å²) in [6.07, 6.45) is 0. The minimum Gasteiger partial charge on any atom is -0.287 e. The molecule has 5 nitrogen and oxygen atoms in total. The van der Waals surface area contributed by atoms with Gasteiger partial charge in [0, 0.05) is 10.0 Å². The number of amidine groups is 1. The van der Waals surface area contributed by atoms with Gasteiger partial charge in [-0.1, -0.05) is 69.5 Å². The first-order valence-corrected chi connectivity index (χ1v) is 11.6. The Morgan fingerprint density at radius 1 is 0.900 bits per heavy atom. The van der Waals surface area contributed by atoms with Crippen LogP contribution >= 0.6 is 39.1 Å². The lowest BCUT2D eigenvalue weighted by Gasteiger charge is -2.17. The van der Waals surface area contributed by atoms with Crippen molar-refractivity contribution in [3.63, 3.8) is 0 Å². The van der Waals surface area contributed by atoms with Crippen LogP contribution in [0.5, 0.6) is 0 Å². The van der Waals surface area contributed by atoms with Crippen LogP contribution in [0.3, 0.4) is 0 Å². The molecule has 0 N–H and O–H groups in total. The average Bonchev–Trinajstić information content (AvgIpc) is 2.74. The summed E-state index contributed by atoms with van der Waals surface area (Å²) < 4.78 is 30.5. The topological polar surface area (TPSA) is 75.9 Å². The minimum atomic E-state index is -4.05. The summed E-state index contributed by atoms with van der Waals surface area (Å²) in [5.41, 5.74) is 1.58. The van der Waals surface area contributed by atoms with Crippen molar-refractivity contribution in [2.45, 2.75) is 18.7 Å². The number of aliphatic imine (C=N–C) groups is 1. The molecule has 0 fully saturated rings. The predicted molar refractivity (Wildman–Crippen MR) is 124 cm³/mol. The van der Waals surface area contributed by atoms with Gasteiger partial charge in [0.25, 0.3) is 10.0 Å². The van der Waals surface area contributed by atoms with E-state index in [0.717, 1.165) is 4.47 Å². The summed E-state index contributed by atoms with van der Waals surface area (Å²) in [4.78, 5) is 16.6. The number of rotatable bonds is 3. The number of carbonyl (C=O) groups excluding carboxylic acids is 1. The summed E-state index contributed by atoms with van der Waals surface area (Å²) in [6, 6.07) is 14.8. The van der Waals surface area contributed by atoms with Crippen LogP contribution in [0, 0.1) is 0 Å². The smallest absolute Gasteiger partial charge is 0.284 e. The highest BCUT2D eigenvalue weighted by atomic mass is 79.9. The number of halogens is 3. The molecule has 154 valence electrons. The van der Waals surface area contributed by atoms with Crippen LogP contribution in [0.15, 0.2) is 94.6 Å². The molecule has 0 saturated carbocycles. The van der Waals surface area contributed by atoms with Gasteiger partial charge in [-0.15, -0.1) is 4.40 Å². The Bertz CT molecular complexity index is 1220. The van der Waals surface area contributed by atoms with Gasteiger partial charge in [0.1, 0.15) is 0 Å². The van der Waals surface area contributed by atoms with Crippen LogP contribution < -0.4 is 0 Å². The largest absolute Gasteiger partial charge is 0.287 e. The normalized spacial score (nSPS) is 15.7. The maximum Gasteiger partial charge on any atom is 0.284 e. The summed E-state index contributed by atoms with van der Waals surface area (Å²) in [6.45, 7) is 3.25. The first kappa shape index (κ1) is 22.6. The maximum absolute atomic E-state index is 12.9. The third-order valence-corrected chi connectivity index (χ3v) is 7.06. The number of allylic oxidation sites excluding steroid dienone is 4. The highest BCUT2D eigenvalue weighted by Crippen LogP contribution is 2.30. The molecular weight excluding hydrogens is 511 g/mol. The maximum atomic E-state index is 12.9. The van der Waals surface area contributed by atoms with E-state index in [0.29, 0.717) is 22.4 Å². The van der Waals surface area contributed by atoms with Gasteiger partial charge in [-0.3, -0.25) is 4.79 Å². The lowest BCUT2D eigenvalue weighted by molar-refractivity contribution is -0.111.